The molecule has 0 radical (unpaired) electrons. The molecule has 2 amide bonds. The summed E-state index contributed by atoms with van der Waals surface area (Å²) in [4.78, 5) is 24.2. The first kappa shape index (κ1) is 17.4. The monoisotopic (exact) mass is 322 g/mol. The maximum Gasteiger partial charge on any atom is 0.227 e. The summed E-state index contributed by atoms with van der Waals surface area (Å²) in [6.45, 7) is 1.01. The number of carbonyl (C=O) groups excluding carboxylic acids is 2. The van der Waals surface area contributed by atoms with Crippen LogP contribution in [0.4, 0.5) is 10.1 Å². The zero-order valence-corrected chi connectivity index (χ0v) is 13.3. The van der Waals surface area contributed by atoms with Crippen LogP contribution in [0.1, 0.15) is 25.7 Å². The molecule has 0 atom stereocenters. The molecule has 1 saturated carbocycles. The van der Waals surface area contributed by atoms with Crippen molar-refractivity contribution < 1.29 is 18.7 Å². The first-order chi connectivity index (χ1) is 11.1. The highest BCUT2D eigenvalue weighted by Crippen LogP contribution is 2.29. The Kier molecular flexibility index (Phi) is 6.52. The molecule has 0 saturated heterocycles. The van der Waals surface area contributed by atoms with Crippen molar-refractivity contribution in [3.8, 4) is 0 Å². The Balaban J connectivity index is 1.77. The van der Waals surface area contributed by atoms with Gasteiger partial charge in [0.1, 0.15) is 5.82 Å². The molecule has 23 heavy (non-hydrogen) atoms. The average molecular weight is 322 g/mol. The first-order valence-corrected chi connectivity index (χ1v) is 7.93. The van der Waals surface area contributed by atoms with Crippen LogP contribution in [-0.2, 0) is 14.3 Å². The fraction of sp³-hybridized carbons (Fsp3) is 0.529. The Morgan fingerprint density at radius 3 is 2.43 bits per heavy atom. The van der Waals surface area contributed by atoms with Crippen molar-refractivity contribution in [3.05, 3.63) is 30.1 Å². The van der Waals surface area contributed by atoms with E-state index in [9.17, 15) is 14.0 Å². The summed E-state index contributed by atoms with van der Waals surface area (Å²) in [7, 11) is 1.59. The Bertz CT molecular complexity index is 542. The third kappa shape index (κ3) is 5.32. The van der Waals surface area contributed by atoms with Gasteiger partial charge in [0.25, 0.3) is 0 Å². The van der Waals surface area contributed by atoms with Gasteiger partial charge in [-0.2, -0.15) is 0 Å². The molecule has 0 aliphatic heterocycles. The van der Waals surface area contributed by atoms with E-state index in [-0.39, 0.29) is 29.5 Å². The van der Waals surface area contributed by atoms with Gasteiger partial charge in [0.05, 0.1) is 6.61 Å². The highest BCUT2D eigenvalue weighted by atomic mass is 19.1. The van der Waals surface area contributed by atoms with Crippen molar-refractivity contribution in [2.24, 2.45) is 11.8 Å². The smallest absolute Gasteiger partial charge is 0.227 e. The zero-order chi connectivity index (χ0) is 16.7. The molecule has 5 nitrogen and oxygen atoms in total. The van der Waals surface area contributed by atoms with Gasteiger partial charge < -0.3 is 15.4 Å². The maximum absolute atomic E-state index is 13.1. The van der Waals surface area contributed by atoms with Crippen molar-refractivity contribution in [1.29, 1.82) is 0 Å². The summed E-state index contributed by atoms with van der Waals surface area (Å²) >= 11 is 0. The maximum atomic E-state index is 13.1. The summed E-state index contributed by atoms with van der Waals surface area (Å²) in [6.07, 6.45) is 2.73. The Hall–Kier alpha value is -1.95. The molecule has 1 aromatic rings. The van der Waals surface area contributed by atoms with Gasteiger partial charge in [-0.05, 0) is 43.9 Å². The number of amides is 2. The van der Waals surface area contributed by atoms with Crippen molar-refractivity contribution in [2.45, 2.75) is 25.7 Å². The van der Waals surface area contributed by atoms with E-state index in [0.717, 1.165) is 0 Å². The van der Waals surface area contributed by atoms with Crippen LogP contribution < -0.4 is 10.6 Å². The third-order valence-corrected chi connectivity index (χ3v) is 4.17. The number of methoxy groups -OCH3 is 1. The van der Waals surface area contributed by atoms with Gasteiger partial charge in [0, 0.05) is 31.2 Å². The molecule has 1 aliphatic rings. The third-order valence-electron chi connectivity index (χ3n) is 4.17. The molecule has 0 heterocycles. The van der Waals surface area contributed by atoms with E-state index >= 15 is 0 Å². The number of hydrogen-bond donors (Lipinski definition) is 2. The van der Waals surface area contributed by atoms with Crippen LogP contribution in [0.5, 0.6) is 0 Å². The minimum atomic E-state index is -0.376. The summed E-state index contributed by atoms with van der Waals surface area (Å²) in [6, 6.07) is 5.86. The number of halogens is 1. The number of ether oxygens (including phenoxy) is 1. The lowest BCUT2D eigenvalue weighted by Crippen LogP contribution is -2.36. The lowest BCUT2D eigenvalue weighted by Gasteiger charge is -2.27. The number of nitrogens with one attached hydrogen (secondary N) is 2. The number of anilines is 1. The molecule has 0 unspecified atom stereocenters. The van der Waals surface area contributed by atoms with Gasteiger partial charge in [0.15, 0.2) is 0 Å². The molecule has 2 N–H and O–H groups in total. The highest BCUT2D eigenvalue weighted by Gasteiger charge is 2.29. The van der Waals surface area contributed by atoms with Crippen LogP contribution in [-0.4, -0.2) is 32.1 Å². The summed E-state index contributed by atoms with van der Waals surface area (Å²) in [5.74, 6) is -0.606. The average Bonchev–Trinajstić information content (AvgIpc) is 2.55. The van der Waals surface area contributed by atoms with Crippen LogP contribution in [0, 0.1) is 17.7 Å². The molecule has 0 spiro atoms. The van der Waals surface area contributed by atoms with Crippen molar-refractivity contribution in [2.75, 3.05) is 25.6 Å². The second-order valence-corrected chi connectivity index (χ2v) is 5.83. The standard InChI is InChI=1S/C17H23FN2O3/c1-23-10-9-19-16(21)12-5-7-13(8-6-12)17(22)20-15-4-2-3-14(18)11-15/h2-4,11-13H,5-10H2,1H3,(H,19,21)(H,20,22). The van der Waals surface area contributed by atoms with Gasteiger partial charge in [-0.15, -0.1) is 0 Å². The molecular weight excluding hydrogens is 299 g/mol. The Morgan fingerprint density at radius 2 is 1.83 bits per heavy atom. The van der Waals surface area contributed by atoms with Crippen molar-refractivity contribution >= 4 is 17.5 Å². The predicted octanol–water partition coefficient (Wildman–Crippen LogP) is 2.33. The van der Waals surface area contributed by atoms with Gasteiger partial charge in [0.2, 0.25) is 11.8 Å². The van der Waals surface area contributed by atoms with Gasteiger partial charge >= 0.3 is 0 Å². The van der Waals surface area contributed by atoms with Crippen LogP contribution in [0.25, 0.3) is 0 Å². The molecule has 0 aromatic heterocycles. The molecule has 1 aromatic carbocycles. The second-order valence-electron chi connectivity index (χ2n) is 5.83. The molecular formula is C17H23FN2O3. The summed E-state index contributed by atoms with van der Waals surface area (Å²) < 4.78 is 18.0. The molecule has 126 valence electrons. The van der Waals surface area contributed by atoms with Gasteiger partial charge in [-0.3, -0.25) is 9.59 Å². The fourth-order valence-corrected chi connectivity index (χ4v) is 2.85. The van der Waals surface area contributed by atoms with E-state index in [1.807, 2.05) is 0 Å². The van der Waals surface area contributed by atoms with E-state index < -0.39 is 0 Å². The largest absolute Gasteiger partial charge is 0.383 e. The Labute approximate surface area is 135 Å². The normalized spacial score (nSPS) is 20.8. The molecule has 1 aliphatic carbocycles. The summed E-state index contributed by atoms with van der Waals surface area (Å²) in [5, 5.41) is 5.58. The SMILES string of the molecule is COCCNC(=O)C1CCC(C(=O)Nc2cccc(F)c2)CC1. The minimum absolute atomic E-state index is 0.0334. The van der Waals surface area contributed by atoms with E-state index in [2.05, 4.69) is 10.6 Å². The number of benzene rings is 1. The van der Waals surface area contributed by atoms with E-state index in [0.29, 0.717) is 44.5 Å². The number of carbonyl (C=O) groups is 2. The number of hydrogen-bond acceptors (Lipinski definition) is 3. The van der Waals surface area contributed by atoms with Gasteiger partial charge in [-0.25, -0.2) is 4.39 Å². The molecule has 6 heteroatoms. The first-order valence-electron chi connectivity index (χ1n) is 7.93. The summed E-state index contributed by atoms with van der Waals surface area (Å²) in [5.41, 5.74) is 0.467. The zero-order valence-electron chi connectivity index (χ0n) is 13.3. The molecule has 1 fully saturated rings. The highest BCUT2D eigenvalue weighted by molar-refractivity contribution is 5.92. The van der Waals surface area contributed by atoms with E-state index in [4.69, 9.17) is 4.74 Å². The van der Waals surface area contributed by atoms with Crippen LogP contribution >= 0.6 is 0 Å². The van der Waals surface area contributed by atoms with Crippen LogP contribution in [0.15, 0.2) is 24.3 Å². The van der Waals surface area contributed by atoms with Crippen molar-refractivity contribution in [1.82, 2.24) is 5.32 Å². The lowest BCUT2D eigenvalue weighted by atomic mass is 9.81. The minimum Gasteiger partial charge on any atom is -0.383 e. The Morgan fingerprint density at radius 1 is 1.17 bits per heavy atom. The number of rotatable bonds is 6. The van der Waals surface area contributed by atoms with Gasteiger partial charge in [-0.1, -0.05) is 6.07 Å². The lowest BCUT2D eigenvalue weighted by molar-refractivity contribution is -0.128. The molecule has 0 bridgehead atoms. The second kappa shape index (κ2) is 8.62. The van der Waals surface area contributed by atoms with Crippen molar-refractivity contribution in [3.63, 3.8) is 0 Å². The van der Waals surface area contributed by atoms with E-state index in [1.54, 1.807) is 19.2 Å². The van der Waals surface area contributed by atoms with E-state index in [1.165, 1.54) is 12.1 Å². The van der Waals surface area contributed by atoms with Crippen LogP contribution in [0.3, 0.4) is 0 Å². The van der Waals surface area contributed by atoms with Crippen LogP contribution in [0.2, 0.25) is 0 Å². The fourth-order valence-electron chi connectivity index (χ4n) is 2.85. The topological polar surface area (TPSA) is 67.4 Å². The quantitative estimate of drug-likeness (QED) is 0.790. The molecule has 2 rings (SSSR count). The predicted molar refractivity (Wildman–Crippen MR) is 85.4 cm³/mol.